The first-order chi connectivity index (χ1) is 13.7. The first kappa shape index (κ1) is 21.3. The van der Waals surface area contributed by atoms with Crippen LogP contribution in [-0.2, 0) is 14.3 Å². The van der Waals surface area contributed by atoms with Gasteiger partial charge >= 0.3 is 0 Å². The molecule has 28 heavy (non-hydrogen) atoms. The summed E-state index contributed by atoms with van der Waals surface area (Å²) < 4.78 is 5.34. The number of carbonyl (C=O) groups is 2. The van der Waals surface area contributed by atoms with Crippen LogP contribution < -0.4 is 10.6 Å². The third-order valence-corrected chi connectivity index (χ3v) is 6.43. The van der Waals surface area contributed by atoms with E-state index in [0.717, 1.165) is 71.5 Å². The van der Waals surface area contributed by atoms with E-state index in [1.165, 1.54) is 31.3 Å². The number of rotatable bonds is 8. The highest BCUT2D eigenvalue weighted by Gasteiger charge is 2.29. The van der Waals surface area contributed by atoms with Crippen LogP contribution in [0.2, 0.25) is 0 Å². The van der Waals surface area contributed by atoms with Gasteiger partial charge in [0.05, 0.1) is 13.2 Å². The summed E-state index contributed by atoms with van der Waals surface area (Å²) in [5, 5.41) is 6.20. The quantitative estimate of drug-likeness (QED) is 0.623. The second-order valence-corrected chi connectivity index (χ2v) is 8.44. The molecule has 0 radical (unpaired) electrons. The van der Waals surface area contributed by atoms with Gasteiger partial charge in [-0.1, -0.05) is 11.6 Å². The van der Waals surface area contributed by atoms with Gasteiger partial charge in [0.15, 0.2) is 0 Å². The Morgan fingerprint density at radius 1 is 0.964 bits per heavy atom. The Bertz CT molecular complexity index is 535. The molecule has 2 amide bonds. The molecule has 0 atom stereocenters. The molecule has 0 aromatic rings. The fourth-order valence-corrected chi connectivity index (χ4v) is 4.55. The smallest absolute Gasteiger partial charge is 0.223 e. The molecule has 2 aliphatic carbocycles. The maximum Gasteiger partial charge on any atom is 0.223 e. The molecule has 158 valence electrons. The zero-order chi connectivity index (χ0) is 19.6. The highest BCUT2D eigenvalue weighted by molar-refractivity contribution is 5.81. The third-order valence-electron chi connectivity index (χ3n) is 6.43. The molecular weight excluding hydrogens is 354 g/mol. The maximum atomic E-state index is 12.4. The minimum Gasteiger partial charge on any atom is -0.379 e. The molecule has 0 bridgehead atoms. The van der Waals surface area contributed by atoms with Crippen LogP contribution in [0.15, 0.2) is 11.6 Å². The lowest BCUT2D eigenvalue weighted by Gasteiger charge is -2.28. The van der Waals surface area contributed by atoms with Crippen molar-refractivity contribution in [3.8, 4) is 0 Å². The maximum absolute atomic E-state index is 12.4. The molecule has 1 heterocycles. The SMILES string of the molecule is O=C(NCCC1=CCCCC1)C1CCC(C(=O)NCCN2CCOCC2)CC1. The fourth-order valence-electron chi connectivity index (χ4n) is 4.55. The van der Waals surface area contributed by atoms with Gasteiger partial charge in [0, 0.05) is 44.6 Å². The zero-order valence-electron chi connectivity index (χ0n) is 17.2. The molecule has 0 aromatic heterocycles. The fraction of sp³-hybridized carbons (Fsp3) is 0.818. The van der Waals surface area contributed by atoms with Gasteiger partial charge in [-0.3, -0.25) is 14.5 Å². The van der Waals surface area contributed by atoms with Crippen LogP contribution in [0.1, 0.15) is 57.8 Å². The Morgan fingerprint density at radius 2 is 1.61 bits per heavy atom. The minimum absolute atomic E-state index is 0.0705. The average molecular weight is 392 g/mol. The molecule has 6 nitrogen and oxygen atoms in total. The lowest BCUT2D eigenvalue weighted by Crippen LogP contribution is -2.43. The molecule has 1 saturated heterocycles. The molecule has 2 N–H and O–H groups in total. The number of allylic oxidation sites excluding steroid dienone is 1. The number of morpholine rings is 1. The van der Waals surface area contributed by atoms with Gasteiger partial charge in [0.25, 0.3) is 0 Å². The van der Waals surface area contributed by atoms with Crippen LogP contribution >= 0.6 is 0 Å². The van der Waals surface area contributed by atoms with Crippen LogP contribution in [0, 0.1) is 11.8 Å². The molecule has 3 rings (SSSR count). The van der Waals surface area contributed by atoms with Gasteiger partial charge in [-0.25, -0.2) is 0 Å². The molecule has 1 aliphatic heterocycles. The molecule has 3 aliphatic rings. The van der Waals surface area contributed by atoms with Crippen molar-refractivity contribution in [3.05, 3.63) is 11.6 Å². The lowest BCUT2D eigenvalue weighted by atomic mass is 9.81. The first-order valence-electron chi connectivity index (χ1n) is 11.3. The van der Waals surface area contributed by atoms with E-state index in [1.54, 1.807) is 0 Å². The Morgan fingerprint density at radius 3 is 2.21 bits per heavy atom. The summed E-state index contributed by atoms with van der Waals surface area (Å²) in [6.45, 7) is 5.83. The number of carbonyl (C=O) groups excluding carboxylic acids is 2. The predicted octanol–water partition coefficient (Wildman–Crippen LogP) is 2.25. The first-order valence-corrected chi connectivity index (χ1v) is 11.3. The summed E-state index contributed by atoms with van der Waals surface area (Å²) in [4.78, 5) is 27.1. The van der Waals surface area contributed by atoms with Gasteiger partial charge in [0.2, 0.25) is 11.8 Å². The second-order valence-electron chi connectivity index (χ2n) is 8.44. The van der Waals surface area contributed by atoms with E-state index in [1.807, 2.05) is 0 Å². The summed E-state index contributed by atoms with van der Waals surface area (Å²) >= 11 is 0. The second kappa shape index (κ2) is 11.6. The van der Waals surface area contributed by atoms with Crippen molar-refractivity contribution in [3.63, 3.8) is 0 Å². The number of ether oxygens (including phenoxy) is 1. The van der Waals surface area contributed by atoms with E-state index >= 15 is 0 Å². The summed E-state index contributed by atoms with van der Waals surface area (Å²) in [6.07, 6.45) is 11.6. The molecule has 0 aromatic carbocycles. The lowest BCUT2D eigenvalue weighted by molar-refractivity contribution is -0.130. The van der Waals surface area contributed by atoms with Crippen molar-refractivity contribution >= 4 is 11.8 Å². The normalized spacial score (nSPS) is 26.4. The van der Waals surface area contributed by atoms with E-state index in [4.69, 9.17) is 4.74 Å². The van der Waals surface area contributed by atoms with Crippen molar-refractivity contribution in [2.75, 3.05) is 45.9 Å². The van der Waals surface area contributed by atoms with E-state index in [-0.39, 0.29) is 23.7 Å². The highest BCUT2D eigenvalue weighted by Crippen LogP contribution is 2.29. The van der Waals surface area contributed by atoms with Gasteiger partial charge < -0.3 is 15.4 Å². The number of hydrogen-bond donors (Lipinski definition) is 2. The average Bonchev–Trinajstić information content (AvgIpc) is 2.75. The van der Waals surface area contributed by atoms with E-state index in [2.05, 4.69) is 21.6 Å². The van der Waals surface area contributed by atoms with Crippen molar-refractivity contribution in [2.24, 2.45) is 11.8 Å². The minimum atomic E-state index is 0.0705. The zero-order valence-corrected chi connectivity index (χ0v) is 17.2. The van der Waals surface area contributed by atoms with Gasteiger partial charge in [-0.2, -0.15) is 0 Å². The third kappa shape index (κ3) is 6.89. The molecule has 0 unspecified atom stereocenters. The monoisotopic (exact) mass is 391 g/mol. The Kier molecular flexibility index (Phi) is 8.80. The molecule has 0 spiro atoms. The summed E-state index contributed by atoms with van der Waals surface area (Å²) in [5.41, 5.74) is 1.50. The largest absolute Gasteiger partial charge is 0.379 e. The molecule has 1 saturated carbocycles. The summed E-state index contributed by atoms with van der Waals surface area (Å²) in [7, 11) is 0. The standard InChI is InChI=1S/C22H37N3O3/c26-21(23-11-10-18-4-2-1-3-5-18)19-6-8-20(9-7-19)22(27)24-12-13-25-14-16-28-17-15-25/h4,19-20H,1-3,5-17H2,(H,23,26)(H,24,27). The van der Waals surface area contributed by atoms with Crippen LogP contribution in [0.25, 0.3) is 0 Å². The van der Waals surface area contributed by atoms with E-state index in [0.29, 0.717) is 6.54 Å². The molecular formula is C22H37N3O3. The van der Waals surface area contributed by atoms with Crippen molar-refractivity contribution in [1.29, 1.82) is 0 Å². The molecule has 6 heteroatoms. The topological polar surface area (TPSA) is 70.7 Å². The number of nitrogens with zero attached hydrogens (tertiary/aromatic N) is 1. The number of amides is 2. The Labute approximate surface area is 169 Å². The van der Waals surface area contributed by atoms with Crippen LogP contribution in [0.4, 0.5) is 0 Å². The van der Waals surface area contributed by atoms with Crippen molar-refractivity contribution < 1.29 is 14.3 Å². The predicted molar refractivity (Wildman–Crippen MR) is 110 cm³/mol. The van der Waals surface area contributed by atoms with E-state index < -0.39 is 0 Å². The highest BCUT2D eigenvalue weighted by atomic mass is 16.5. The molecule has 2 fully saturated rings. The van der Waals surface area contributed by atoms with Gasteiger partial charge in [0.1, 0.15) is 0 Å². The summed E-state index contributed by atoms with van der Waals surface area (Å²) in [6, 6.07) is 0. The summed E-state index contributed by atoms with van der Waals surface area (Å²) in [5.74, 6) is 0.498. The van der Waals surface area contributed by atoms with Crippen LogP contribution in [0.5, 0.6) is 0 Å². The van der Waals surface area contributed by atoms with Crippen molar-refractivity contribution in [2.45, 2.75) is 57.8 Å². The van der Waals surface area contributed by atoms with Gasteiger partial charge in [-0.15, -0.1) is 0 Å². The Hall–Kier alpha value is -1.40. The van der Waals surface area contributed by atoms with Crippen molar-refractivity contribution in [1.82, 2.24) is 15.5 Å². The number of hydrogen-bond acceptors (Lipinski definition) is 4. The van der Waals surface area contributed by atoms with E-state index in [9.17, 15) is 9.59 Å². The number of nitrogens with one attached hydrogen (secondary N) is 2. The Balaban J connectivity index is 1.27. The van der Waals surface area contributed by atoms with Gasteiger partial charge in [-0.05, 0) is 57.8 Å². The van der Waals surface area contributed by atoms with Crippen LogP contribution in [-0.4, -0.2) is 62.7 Å². The van der Waals surface area contributed by atoms with Crippen LogP contribution in [0.3, 0.4) is 0 Å².